The minimum atomic E-state index is 0.106. The zero-order valence-corrected chi connectivity index (χ0v) is 10.6. The minimum absolute atomic E-state index is 0.106. The molecule has 2 rings (SSSR count). The highest BCUT2D eigenvalue weighted by Crippen LogP contribution is 2.33. The van der Waals surface area contributed by atoms with Gasteiger partial charge in [0.05, 0.1) is 6.10 Å². The van der Waals surface area contributed by atoms with E-state index in [1.807, 2.05) is 32.0 Å². The van der Waals surface area contributed by atoms with Gasteiger partial charge in [-0.25, -0.2) is 9.97 Å². The van der Waals surface area contributed by atoms with Crippen LogP contribution < -0.4 is 4.74 Å². The van der Waals surface area contributed by atoms with Crippen molar-refractivity contribution in [3.63, 3.8) is 0 Å². The van der Waals surface area contributed by atoms with Crippen LogP contribution in [0.2, 0.25) is 0 Å². The van der Waals surface area contributed by atoms with Crippen molar-refractivity contribution in [2.24, 2.45) is 0 Å². The maximum atomic E-state index is 5.89. The van der Waals surface area contributed by atoms with Gasteiger partial charge in [-0.15, -0.1) is 0 Å². The summed E-state index contributed by atoms with van der Waals surface area (Å²) in [5.41, 5.74) is 2.91. The molecular weight excluding hydrogens is 224 g/mol. The third-order valence-electron chi connectivity index (χ3n) is 2.49. The van der Waals surface area contributed by atoms with Crippen molar-refractivity contribution in [2.75, 3.05) is 0 Å². The Morgan fingerprint density at radius 1 is 1.22 bits per heavy atom. The Morgan fingerprint density at radius 2 is 1.94 bits per heavy atom. The quantitative estimate of drug-likeness (QED) is 0.819. The van der Waals surface area contributed by atoms with Crippen molar-refractivity contribution in [3.8, 4) is 16.9 Å². The molecule has 3 heteroatoms. The number of hydrogen-bond donors (Lipinski definition) is 0. The van der Waals surface area contributed by atoms with E-state index in [0.717, 1.165) is 22.4 Å². The Bertz CT molecular complexity index is 535. The molecule has 0 spiro atoms. The maximum absolute atomic E-state index is 5.89. The van der Waals surface area contributed by atoms with Crippen LogP contribution >= 0.6 is 0 Å². The number of para-hydroxylation sites is 1. The second kappa shape index (κ2) is 5.45. The van der Waals surface area contributed by atoms with Gasteiger partial charge in [0.15, 0.2) is 0 Å². The average Bonchev–Trinajstić information content (AvgIpc) is 2.39. The number of ether oxygens (including phenoxy) is 1. The van der Waals surface area contributed by atoms with Crippen LogP contribution in [0.3, 0.4) is 0 Å². The number of aromatic nitrogens is 2. The molecule has 0 amide bonds. The molecule has 1 aromatic heterocycles. The summed E-state index contributed by atoms with van der Waals surface area (Å²) in [5.74, 6) is 0.831. The standard InChI is InChI=1S/C15H16N2O/c1-4-12-6-5-7-14(15(12)18-11(2)3)13-8-16-10-17-9-13/h4-11H,1H2,2-3H3. The summed E-state index contributed by atoms with van der Waals surface area (Å²) >= 11 is 0. The maximum Gasteiger partial charge on any atom is 0.134 e. The minimum Gasteiger partial charge on any atom is -0.490 e. The molecule has 92 valence electrons. The zero-order valence-electron chi connectivity index (χ0n) is 10.6. The van der Waals surface area contributed by atoms with Gasteiger partial charge >= 0.3 is 0 Å². The van der Waals surface area contributed by atoms with Gasteiger partial charge in [-0.3, -0.25) is 0 Å². The fourth-order valence-corrected chi connectivity index (χ4v) is 1.75. The first-order chi connectivity index (χ1) is 8.72. The molecule has 0 atom stereocenters. The van der Waals surface area contributed by atoms with E-state index in [0.29, 0.717) is 0 Å². The van der Waals surface area contributed by atoms with Gasteiger partial charge in [0, 0.05) is 29.1 Å². The summed E-state index contributed by atoms with van der Waals surface area (Å²) in [7, 11) is 0. The summed E-state index contributed by atoms with van der Waals surface area (Å²) in [6.07, 6.45) is 6.98. The largest absolute Gasteiger partial charge is 0.490 e. The van der Waals surface area contributed by atoms with Crippen LogP contribution in [0.15, 0.2) is 43.5 Å². The van der Waals surface area contributed by atoms with Gasteiger partial charge in [-0.1, -0.05) is 30.9 Å². The van der Waals surface area contributed by atoms with Gasteiger partial charge in [0.25, 0.3) is 0 Å². The first-order valence-corrected chi connectivity index (χ1v) is 5.90. The lowest BCUT2D eigenvalue weighted by Gasteiger charge is -2.16. The normalized spacial score (nSPS) is 10.4. The van der Waals surface area contributed by atoms with Crippen LogP contribution in [0, 0.1) is 0 Å². The molecule has 0 saturated carbocycles. The monoisotopic (exact) mass is 240 g/mol. The van der Waals surface area contributed by atoms with Crippen molar-refractivity contribution in [3.05, 3.63) is 49.1 Å². The zero-order chi connectivity index (χ0) is 13.0. The Morgan fingerprint density at radius 3 is 2.56 bits per heavy atom. The van der Waals surface area contributed by atoms with Crippen LogP contribution in [0.4, 0.5) is 0 Å². The molecule has 0 aliphatic heterocycles. The number of benzene rings is 1. The lowest BCUT2D eigenvalue weighted by molar-refractivity contribution is 0.243. The first-order valence-electron chi connectivity index (χ1n) is 5.90. The smallest absolute Gasteiger partial charge is 0.134 e. The lowest BCUT2D eigenvalue weighted by Crippen LogP contribution is -2.07. The van der Waals surface area contributed by atoms with Crippen molar-refractivity contribution in [1.29, 1.82) is 0 Å². The van der Waals surface area contributed by atoms with Crippen molar-refractivity contribution in [1.82, 2.24) is 9.97 Å². The summed E-state index contributed by atoms with van der Waals surface area (Å²) in [4.78, 5) is 8.09. The molecule has 0 bridgehead atoms. The van der Waals surface area contributed by atoms with Crippen molar-refractivity contribution in [2.45, 2.75) is 20.0 Å². The molecule has 0 N–H and O–H groups in total. The Labute approximate surface area is 107 Å². The highest BCUT2D eigenvalue weighted by Gasteiger charge is 2.11. The number of nitrogens with zero attached hydrogens (tertiary/aromatic N) is 2. The van der Waals surface area contributed by atoms with Gasteiger partial charge in [0.1, 0.15) is 12.1 Å². The highest BCUT2D eigenvalue weighted by molar-refractivity contribution is 5.75. The summed E-state index contributed by atoms with van der Waals surface area (Å²) in [5, 5.41) is 0. The predicted molar refractivity (Wildman–Crippen MR) is 73.3 cm³/mol. The van der Waals surface area contributed by atoms with Crippen molar-refractivity contribution >= 4 is 6.08 Å². The lowest BCUT2D eigenvalue weighted by atomic mass is 10.0. The Kier molecular flexibility index (Phi) is 3.72. The topological polar surface area (TPSA) is 35.0 Å². The average molecular weight is 240 g/mol. The fraction of sp³-hybridized carbons (Fsp3) is 0.200. The molecule has 1 heterocycles. The summed E-state index contributed by atoms with van der Waals surface area (Å²) in [6.45, 7) is 7.83. The molecule has 3 nitrogen and oxygen atoms in total. The molecule has 0 aliphatic rings. The number of hydrogen-bond acceptors (Lipinski definition) is 3. The van der Waals surface area contributed by atoms with Crippen LogP contribution in [-0.2, 0) is 0 Å². The van der Waals surface area contributed by atoms with E-state index in [9.17, 15) is 0 Å². The van der Waals surface area contributed by atoms with Crippen LogP contribution in [-0.4, -0.2) is 16.1 Å². The van der Waals surface area contributed by atoms with Gasteiger partial charge in [-0.2, -0.15) is 0 Å². The molecule has 2 aromatic rings. The van der Waals surface area contributed by atoms with Gasteiger partial charge in [-0.05, 0) is 13.8 Å². The third kappa shape index (κ3) is 2.56. The fourth-order valence-electron chi connectivity index (χ4n) is 1.75. The second-order valence-electron chi connectivity index (χ2n) is 4.22. The summed E-state index contributed by atoms with van der Waals surface area (Å²) < 4.78 is 5.89. The van der Waals surface area contributed by atoms with Crippen LogP contribution in [0.1, 0.15) is 19.4 Å². The molecule has 1 aromatic carbocycles. The van der Waals surface area contributed by atoms with Crippen LogP contribution in [0.5, 0.6) is 5.75 Å². The van der Waals surface area contributed by atoms with E-state index < -0.39 is 0 Å². The molecule has 18 heavy (non-hydrogen) atoms. The predicted octanol–water partition coefficient (Wildman–Crippen LogP) is 3.57. The van der Waals surface area contributed by atoms with E-state index in [-0.39, 0.29) is 6.10 Å². The molecule has 0 aliphatic carbocycles. The highest BCUT2D eigenvalue weighted by atomic mass is 16.5. The van der Waals surface area contributed by atoms with Gasteiger partial charge in [0.2, 0.25) is 0 Å². The Balaban J connectivity index is 2.56. The molecule has 0 fully saturated rings. The van der Waals surface area contributed by atoms with Crippen LogP contribution in [0.25, 0.3) is 17.2 Å². The van der Waals surface area contributed by atoms with Crippen molar-refractivity contribution < 1.29 is 4.74 Å². The van der Waals surface area contributed by atoms with E-state index >= 15 is 0 Å². The van der Waals surface area contributed by atoms with E-state index in [1.54, 1.807) is 18.5 Å². The number of rotatable bonds is 4. The van der Waals surface area contributed by atoms with E-state index in [1.165, 1.54) is 6.33 Å². The summed E-state index contributed by atoms with van der Waals surface area (Å²) in [6, 6.07) is 5.97. The molecular formula is C15H16N2O. The molecule has 0 unspecified atom stereocenters. The molecule has 0 saturated heterocycles. The Hall–Kier alpha value is -2.16. The SMILES string of the molecule is C=Cc1cccc(-c2cncnc2)c1OC(C)C. The first kappa shape index (κ1) is 12.3. The van der Waals surface area contributed by atoms with E-state index in [4.69, 9.17) is 4.74 Å². The van der Waals surface area contributed by atoms with Gasteiger partial charge < -0.3 is 4.74 Å². The second-order valence-corrected chi connectivity index (χ2v) is 4.22. The molecule has 0 radical (unpaired) electrons. The third-order valence-corrected chi connectivity index (χ3v) is 2.49. The van der Waals surface area contributed by atoms with E-state index in [2.05, 4.69) is 16.5 Å².